The molecule has 8 nitrogen and oxygen atoms in total. The van der Waals surface area contributed by atoms with Crippen LogP contribution in [0.1, 0.15) is 34.7 Å². The zero-order chi connectivity index (χ0) is 18.6. The summed E-state index contributed by atoms with van der Waals surface area (Å²) in [5, 5.41) is 13.4. The average Bonchev–Trinajstić information content (AvgIpc) is 2.99. The highest BCUT2D eigenvalue weighted by Gasteiger charge is 2.18. The highest BCUT2D eigenvalue weighted by molar-refractivity contribution is 6.04. The standard InChI is InChI=1S/C17H20N4O4/c1-4-20(5-2)17(23)12-6-8-13(9-7-12)18-16(22)15-10-14(21(24)25)11-19(15)3/h6-11H,4-5H2,1-3H3,(H,18,22). The Morgan fingerprint density at radius 3 is 2.28 bits per heavy atom. The molecule has 2 aromatic rings. The lowest BCUT2D eigenvalue weighted by molar-refractivity contribution is -0.384. The Balaban J connectivity index is 2.12. The number of benzene rings is 1. The van der Waals surface area contributed by atoms with Crippen LogP contribution < -0.4 is 5.32 Å². The fraction of sp³-hybridized carbons (Fsp3) is 0.294. The molecular formula is C17H20N4O4. The van der Waals surface area contributed by atoms with Gasteiger partial charge in [-0.15, -0.1) is 0 Å². The fourth-order valence-electron chi connectivity index (χ4n) is 2.46. The third-order valence-electron chi connectivity index (χ3n) is 3.87. The number of aromatic nitrogens is 1. The summed E-state index contributed by atoms with van der Waals surface area (Å²) in [5.41, 5.74) is 1.07. The van der Waals surface area contributed by atoms with Crippen LogP contribution in [0.15, 0.2) is 36.5 Å². The van der Waals surface area contributed by atoms with Crippen LogP contribution in [-0.2, 0) is 7.05 Å². The van der Waals surface area contributed by atoms with Crippen LogP contribution in [0.3, 0.4) is 0 Å². The number of rotatable bonds is 6. The molecule has 2 rings (SSSR count). The van der Waals surface area contributed by atoms with Gasteiger partial charge >= 0.3 is 0 Å². The first kappa shape index (κ1) is 18.2. The van der Waals surface area contributed by atoms with E-state index in [1.165, 1.54) is 16.8 Å². The van der Waals surface area contributed by atoms with E-state index in [0.717, 1.165) is 0 Å². The Morgan fingerprint density at radius 2 is 1.80 bits per heavy atom. The summed E-state index contributed by atoms with van der Waals surface area (Å²) in [7, 11) is 1.56. The molecule has 1 aromatic heterocycles. The Kier molecular flexibility index (Phi) is 5.53. The summed E-state index contributed by atoms with van der Waals surface area (Å²) in [6, 6.07) is 7.76. The number of nitrogens with one attached hydrogen (secondary N) is 1. The van der Waals surface area contributed by atoms with Gasteiger partial charge in [-0.1, -0.05) is 0 Å². The molecule has 0 radical (unpaired) electrons. The predicted octanol–water partition coefficient (Wildman–Crippen LogP) is 2.67. The molecule has 8 heteroatoms. The van der Waals surface area contributed by atoms with Crippen molar-refractivity contribution in [2.75, 3.05) is 18.4 Å². The van der Waals surface area contributed by atoms with Crippen molar-refractivity contribution in [2.24, 2.45) is 7.05 Å². The molecule has 0 unspecified atom stereocenters. The van der Waals surface area contributed by atoms with E-state index in [4.69, 9.17) is 0 Å². The number of anilines is 1. The Hall–Kier alpha value is -3.16. The quantitative estimate of drug-likeness (QED) is 0.643. The molecule has 0 spiro atoms. The van der Waals surface area contributed by atoms with Crippen LogP contribution in [0.4, 0.5) is 11.4 Å². The largest absolute Gasteiger partial charge is 0.340 e. The van der Waals surface area contributed by atoms with Crippen LogP contribution >= 0.6 is 0 Å². The molecule has 0 saturated carbocycles. The number of hydrogen-bond donors (Lipinski definition) is 1. The van der Waals surface area contributed by atoms with E-state index >= 15 is 0 Å². The molecule has 0 fully saturated rings. The zero-order valence-corrected chi connectivity index (χ0v) is 14.4. The highest BCUT2D eigenvalue weighted by Crippen LogP contribution is 2.17. The Morgan fingerprint density at radius 1 is 1.20 bits per heavy atom. The van der Waals surface area contributed by atoms with Crippen LogP contribution in [0.5, 0.6) is 0 Å². The third kappa shape index (κ3) is 4.03. The highest BCUT2D eigenvalue weighted by atomic mass is 16.6. The van der Waals surface area contributed by atoms with Gasteiger partial charge < -0.3 is 14.8 Å². The summed E-state index contributed by atoms with van der Waals surface area (Å²) in [6.07, 6.45) is 1.28. The van der Waals surface area contributed by atoms with Crippen molar-refractivity contribution >= 4 is 23.2 Å². The summed E-state index contributed by atoms with van der Waals surface area (Å²) in [5.74, 6) is -0.528. The monoisotopic (exact) mass is 344 g/mol. The van der Waals surface area contributed by atoms with Gasteiger partial charge in [-0.05, 0) is 38.1 Å². The van der Waals surface area contributed by atoms with E-state index in [1.807, 2.05) is 13.8 Å². The van der Waals surface area contributed by atoms with Gasteiger partial charge in [0.15, 0.2) is 0 Å². The first-order chi connectivity index (χ1) is 11.9. The maximum Gasteiger partial charge on any atom is 0.287 e. The van der Waals surface area contributed by atoms with Gasteiger partial charge in [0.1, 0.15) is 5.69 Å². The van der Waals surface area contributed by atoms with Gasteiger partial charge in [0.2, 0.25) is 0 Å². The van der Waals surface area contributed by atoms with Crippen LogP contribution in [-0.4, -0.2) is 39.3 Å². The lowest BCUT2D eigenvalue weighted by Gasteiger charge is -2.18. The normalized spacial score (nSPS) is 10.4. The molecule has 2 amide bonds. The lowest BCUT2D eigenvalue weighted by atomic mass is 10.1. The van der Waals surface area contributed by atoms with Crippen molar-refractivity contribution in [2.45, 2.75) is 13.8 Å². The summed E-state index contributed by atoms with van der Waals surface area (Å²) in [6.45, 7) is 5.07. The van der Waals surface area contributed by atoms with Crippen molar-refractivity contribution in [3.05, 3.63) is 57.9 Å². The van der Waals surface area contributed by atoms with Crippen LogP contribution in [0.25, 0.3) is 0 Å². The fourth-order valence-corrected chi connectivity index (χ4v) is 2.46. The minimum Gasteiger partial charge on any atom is -0.340 e. The van der Waals surface area contributed by atoms with E-state index in [-0.39, 0.29) is 17.3 Å². The van der Waals surface area contributed by atoms with Gasteiger partial charge in [0.05, 0.1) is 11.1 Å². The molecular weight excluding hydrogens is 324 g/mol. The van der Waals surface area contributed by atoms with Crippen molar-refractivity contribution in [3.63, 3.8) is 0 Å². The lowest BCUT2D eigenvalue weighted by Crippen LogP contribution is -2.30. The van der Waals surface area contributed by atoms with Crippen molar-refractivity contribution < 1.29 is 14.5 Å². The molecule has 0 aliphatic rings. The molecule has 0 aliphatic carbocycles. The topological polar surface area (TPSA) is 97.5 Å². The molecule has 132 valence electrons. The minimum atomic E-state index is -0.551. The van der Waals surface area contributed by atoms with Gasteiger partial charge in [-0.3, -0.25) is 19.7 Å². The van der Waals surface area contributed by atoms with Crippen molar-refractivity contribution in [1.29, 1.82) is 0 Å². The van der Waals surface area contributed by atoms with Gasteiger partial charge in [-0.25, -0.2) is 0 Å². The second-order valence-electron chi connectivity index (χ2n) is 5.46. The molecule has 0 bridgehead atoms. The maximum absolute atomic E-state index is 12.3. The molecule has 1 N–H and O–H groups in total. The van der Waals surface area contributed by atoms with Gasteiger partial charge in [0.25, 0.3) is 17.5 Å². The summed E-state index contributed by atoms with van der Waals surface area (Å²) in [4.78, 5) is 36.4. The van der Waals surface area contributed by atoms with E-state index in [9.17, 15) is 19.7 Å². The van der Waals surface area contributed by atoms with E-state index in [1.54, 1.807) is 36.2 Å². The predicted molar refractivity (Wildman–Crippen MR) is 93.7 cm³/mol. The summed E-state index contributed by atoms with van der Waals surface area (Å²) < 4.78 is 1.39. The van der Waals surface area contributed by atoms with Crippen LogP contribution in [0.2, 0.25) is 0 Å². The Bertz CT molecular complexity index is 791. The number of hydrogen-bond acceptors (Lipinski definition) is 4. The van der Waals surface area contributed by atoms with Gasteiger partial charge in [0, 0.05) is 37.5 Å². The van der Waals surface area contributed by atoms with Gasteiger partial charge in [-0.2, -0.15) is 0 Å². The average molecular weight is 344 g/mol. The van der Waals surface area contributed by atoms with Crippen molar-refractivity contribution in [3.8, 4) is 0 Å². The van der Waals surface area contributed by atoms with E-state index < -0.39 is 10.8 Å². The third-order valence-corrected chi connectivity index (χ3v) is 3.87. The molecule has 0 atom stereocenters. The zero-order valence-electron chi connectivity index (χ0n) is 14.4. The molecule has 1 heterocycles. The Labute approximate surface area is 145 Å². The second-order valence-corrected chi connectivity index (χ2v) is 5.46. The number of nitrogens with zero attached hydrogens (tertiary/aromatic N) is 3. The minimum absolute atomic E-state index is 0.0686. The molecule has 1 aromatic carbocycles. The maximum atomic E-state index is 12.3. The number of aryl methyl sites for hydroxylation is 1. The number of carbonyl (C=O) groups excluding carboxylic acids is 2. The smallest absolute Gasteiger partial charge is 0.287 e. The number of carbonyl (C=O) groups is 2. The van der Waals surface area contributed by atoms with E-state index in [2.05, 4.69) is 5.32 Å². The molecule has 25 heavy (non-hydrogen) atoms. The second kappa shape index (κ2) is 7.61. The SMILES string of the molecule is CCN(CC)C(=O)c1ccc(NC(=O)c2cc([N+](=O)[O-])cn2C)cc1. The number of nitro groups is 1. The number of amides is 2. The first-order valence-corrected chi connectivity index (χ1v) is 7.88. The molecule has 0 saturated heterocycles. The van der Waals surface area contributed by atoms with Crippen molar-refractivity contribution in [1.82, 2.24) is 9.47 Å². The van der Waals surface area contributed by atoms with E-state index in [0.29, 0.717) is 24.3 Å². The first-order valence-electron chi connectivity index (χ1n) is 7.88. The van der Waals surface area contributed by atoms with Crippen LogP contribution in [0, 0.1) is 10.1 Å². The summed E-state index contributed by atoms with van der Waals surface area (Å²) >= 11 is 0. The molecule has 0 aliphatic heterocycles.